The normalized spacial score (nSPS) is 11.2. The van der Waals surface area contributed by atoms with Gasteiger partial charge in [0.15, 0.2) is 0 Å². The molecule has 0 saturated heterocycles. The zero-order chi connectivity index (χ0) is 19.1. The second-order valence-electron chi connectivity index (χ2n) is 7.47. The van der Waals surface area contributed by atoms with Crippen LogP contribution in [0.5, 0.6) is 0 Å². The molecule has 0 aliphatic carbocycles. The first-order valence-corrected chi connectivity index (χ1v) is 9.81. The van der Waals surface area contributed by atoms with E-state index in [1.807, 2.05) is 0 Å². The van der Waals surface area contributed by atoms with Crippen LogP contribution in [0.3, 0.4) is 0 Å². The highest BCUT2D eigenvalue weighted by atomic mass is 14.2. The lowest BCUT2D eigenvalue weighted by Gasteiger charge is -2.19. The van der Waals surface area contributed by atoms with E-state index >= 15 is 0 Å². The van der Waals surface area contributed by atoms with E-state index in [0.29, 0.717) is 0 Å². The minimum absolute atomic E-state index is 1.31. The van der Waals surface area contributed by atoms with Crippen molar-refractivity contribution < 1.29 is 0 Å². The second-order valence-corrected chi connectivity index (χ2v) is 7.47. The van der Waals surface area contributed by atoms with Gasteiger partial charge in [0, 0.05) is 0 Å². The maximum Gasteiger partial charge on any atom is -0.00237 e. The van der Waals surface area contributed by atoms with Gasteiger partial charge in [0.2, 0.25) is 0 Å². The van der Waals surface area contributed by atoms with Gasteiger partial charge in [0.25, 0.3) is 0 Å². The summed E-state index contributed by atoms with van der Waals surface area (Å²) in [5, 5.41) is 5.25. The van der Waals surface area contributed by atoms with Crippen molar-refractivity contribution in [2.24, 2.45) is 0 Å². The number of rotatable bonds is 2. The van der Waals surface area contributed by atoms with Crippen LogP contribution in [-0.2, 0) is 0 Å². The first-order valence-electron chi connectivity index (χ1n) is 9.81. The highest BCUT2D eigenvalue weighted by Gasteiger charge is 2.17. The van der Waals surface area contributed by atoms with Crippen LogP contribution in [0.4, 0.5) is 0 Å². The Balaban J connectivity index is 2.04. The third-order valence-corrected chi connectivity index (χ3v) is 5.76. The summed E-state index contributed by atoms with van der Waals surface area (Å²) in [4.78, 5) is 0. The van der Waals surface area contributed by atoms with E-state index in [9.17, 15) is 0 Å². The van der Waals surface area contributed by atoms with Gasteiger partial charge in [0.05, 0.1) is 0 Å². The SMILES string of the molecule is Cc1ccccc1-c1c2ccccc2c(-c2ccccc2C)c2ccccc12. The van der Waals surface area contributed by atoms with Crippen LogP contribution in [0.2, 0.25) is 0 Å². The molecule has 0 fully saturated rings. The van der Waals surface area contributed by atoms with Crippen molar-refractivity contribution >= 4 is 21.5 Å². The molecular weight excluding hydrogens is 336 g/mol. The van der Waals surface area contributed by atoms with Crippen LogP contribution in [0.1, 0.15) is 11.1 Å². The molecule has 0 heteroatoms. The Morgan fingerprint density at radius 3 is 0.964 bits per heavy atom. The van der Waals surface area contributed by atoms with E-state index in [0.717, 1.165) is 0 Å². The molecule has 28 heavy (non-hydrogen) atoms. The molecule has 0 bridgehead atoms. The number of hydrogen-bond acceptors (Lipinski definition) is 0. The molecule has 5 rings (SSSR count). The Hall–Kier alpha value is -3.38. The molecule has 0 aliphatic rings. The number of hydrogen-bond donors (Lipinski definition) is 0. The van der Waals surface area contributed by atoms with Crippen molar-refractivity contribution in [2.45, 2.75) is 13.8 Å². The van der Waals surface area contributed by atoms with Crippen LogP contribution in [0.25, 0.3) is 43.8 Å². The first-order chi connectivity index (χ1) is 13.8. The smallest absolute Gasteiger partial charge is 0.00237 e. The van der Waals surface area contributed by atoms with Gasteiger partial charge in [-0.1, -0.05) is 97.1 Å². The van der Waals surface area contributed by atoms with E-state index < -0.39 is 0 Å². The van der Waals surface area contributed by atoms with Gasteiger partial charge in [-0.25, -0.2) is 0 Å². The zero-order valence-corrected chi connectivity index (χ0v) is 16.2. The van der Waals surface area contributed by atoms with Gasteiger partial charge >= 0.3 is 0 Å². The summed E-state index contributed by atoms with van der Waals surface area (Å²) >= 11 is 0. The van der Waals surface area contributed by atoms with E-state index in [1.54, 1.807) is 0 Å². The Kier molecular flexibility index (Phi) is 3.98. The molecule has 5 aromatic rings. The molecule has 0 atom stereocenters. The van der Waals surface area contributed by atoms with Gasteiger partial charge in [-0.05, 0) is 68.8 Å². The molecule has 5 aromatic carbocycles. The molecule has 0 radical (unpaired) electrons. The fraction of sp³-hybridized carbons (Fsp3) is 0.0714. The van der Waals surface area contributed by atoms with E-state index in [1.165, 1.54) is 54.9 Å². The molecule has 0 amide bonds. The minimum Gasteiger partial charge on any atom is -0.0620 e. The van der Waals surface area contributed by atoms with Crippen LogP contribution in [-0.4, -0.2) is 0 Å². The van der Waals surface area contributed by atoms with Gasteiger partial charge in [-0.3, -0.25) is 0 Å². The number of aryl methyl sites for hydroxylation is 2. The summed E-state index contributed by atoms with van der Waals surface area (Å²) in [5.41, 5.74) is 7.91. The standard InChI is InChI=1S/C28H22/c1-19-11-3-5-13-21(19)27-23-15-7-9-17-25(23)28(22-14-6-4-12-20(22)2)26-18-10-8-16-24(26)27/h3-18H,1-2H3. The topological polar surface area (TPSA) is 0 Å². The highest BCUT2D eigenvalue weighted by Crippen LogP contribution is 2.44. The van der Waals surface area contributed by atoms with Crippen LogP contribution in [0, 0.1) is 13.8 Å². The van der Waals surface area contributed by atoms with Crippen LogP contribution in [0.15, 0.2) is 97.1 Å². The first kappa shape index (κ1) is 16.8. The monoisotopic (exact) mass is 358 g/mol. The molecule has 0 heterocycles. The maximum atomic E-state index is 2.27. The summed E-state index contributed by atoms with van der Waals surface area (Å²) in [7, 11) is 0. The van der Waals surface area contributed by atoms with Crippen molar-refractivity contribution in [3.8, 4) is 22.3 Å². The van der Waals surface area contributed by atoms with Crippen molar-refractivity contribution in [1.82, 2.24) is 0 Å². The van der Waals surface area contributed by atoms with Crippen LogP contribution < -0.4 is 0 Å². The van der Waals surface area contributed by atoms with Crippen molar-refractivity contribution in [1.29, 1.82) is 0 Å². The third-order valence-electron chi connectivity index (χ3n) is 5.76. The zero-order valence-electron chi connectivity index (χ0n) is 16.2. The minimum atomic E-state index is 1.31. The molecule has 0 nitrogen and oxygen atoms in total. The summed E-state index contributed by atoms with van der Waals surface area (Å²) in [5.74, 6) is 0. The van der Waals surface area contributed by atoms with E-state index in [4.69, 9.17) is 0 Å². The highest BCUT2D eigenvalue weighted by molar-refractivity contribution is 6.21. The Morgan fingerprint density at radius 1 is 0.357 bits per heavy atom. The average molecular weight is 358 g/mol. The van der Waals surface area contributed by atoms with E-state index in [-0.39, 0.29) is 0 Å². The maximum absolute atomic E-state index is 2.27. The van der Waals surface area contributed by atoms with Crippen molar-refractivity contribution in [3.63, 3.8) is 0 Å². The lowest BCUT2D eigenvalue weighted by Crippen LogP contribution is -1.93. The molecule has 0 aliphatic heterocycles. The van der Waals surface area contributed by atoms with Gasteiger partial charge in [-0.2, -0.15) is 0 Å². The molecule has 0 N–H and O–H groups in total. The van der Waals surface area contributed by atoms with Gasteiger partial charge in [-0.15, -0.1) is 0 Å². The molecular formula is C28H22. The fourth-order valence-corrected chi connectivity index (χ4v) is 4.42. The molecule has 134 valence electrons. The average Bonchev–Trinajstić information content (AvgIpc) is 2.73. The fourth-order valence-electron chi connectivity index (χ4n) is 4.42. The van der Waals surface area contributed by atoms with Crippen molar-refractivity contribution in [3.05, 3.63) is 108 Å². The Morgan fingerprint density at radius 2 is 0.643 bits per heavy atom. The Labute approximate surface area is 166 Å². The molecule has 0 unspecified atom stereocenters. The quantitative estimate of drug-likeness (QED) is 0.281. The Bertz CT molecular complexity index is 1160. The van der Waals surface area contributed by atoms with E-state index in [2.05, 4.69) is 111 Å². The van der Waals surface area contributed by atoms with Crippen LogP contribution >= 0.6 is 0 Å². The van der Waals surface area contributed by atoms with Crippen molar-refractivity contribution in [2.75, 3.05) is 0 Å². The number of fused-ring (bicyclic) bond motifs is 2. The van der Waals surface area contributed by atoms with Gasteiger partial charge < -0.3 is 0 Å². The summed E-state index contributed by atoms with van der Waals surface area (Å²) in [6.07, 6.45) is 0. The lowest BCUT2D eigenvalue weighted by molar-refractivity contribution is 1.47. The summed E-state index contributed by atoms with van der Waals surface area (Å²) in [6, 6.07) is 35.1. The lowest BCUT2D eigenvalue weighted by atomic mass is 9.84. The number of benzene rings is 5. The predicted octanol–water partition coefficient (Wildman–Crippen LogP) is 7.94. The largest absolute Gasteiger partial charge is 0.0620 e. The molecule has 0 aromatic heterocycles. The predicted molar refractivity (Wildman–Crippen MR) is 122 cm³/mol. The summed E-state index contributed by atoms with van der Waals surface area (Å²) in [6.45, 7) is 4.41. The third kappa shape index (κ3) is 2.53. The van der Waals surface area contributed by atoms with Gasteiger partial charge in [0.1, 0.15) is 0 Å². The second kappa shape index (κ2) is 6.65. The molecule has 0 saturated carbocycles. The molecule has 0 spiro atoms. The summed E-state index contributed by atoms with van der Waals surface area (Å²) < 4.78 is 0.